The Hall–Kier alpha value is -1.47. The molecule has 6 heteroatoms. The van der Waals surface area contributed by atoms with Crippen LogP contribution in [0.25, 0.3) is 0 Å². The second-order valence-electron chi connectivity index (χ2n) is 6.75. The second-order valence-corrected chi connectivity index (χ2v) is 7.52. The molecule has 1 atom stereocenters. The molecule has 3 rings (SSSR count). The molecule has 2 heterocycles. The van der Waals surface area contributed by atoms with Crippen LogP contribution in [-0.4, -0.2) is 70.0 Å². The molecule has 1 aliphatic heterocycles. The number of aromatic nitrogens is 2. The maximum Gasteiger partial charge on any atom is 0.187 e. The highest BCUT2D eigenvalue weighted by molar-refractivity contribution is 7.98. The van der Waals surface area contributed by atoms with Crippen molar-refractivity contribution in [2.75, 3.05) is 39.0 Å². The second kappa shape index (κ2) is 10.0. The molecule has 2 aromatic rings. The number of piperazine rings is 1. The van der Waals surface area contributed by atoms with Crippen molar-refractivity contribution in [3.8, 4) is 0 Å². The minimum Gasteiger partial charge on any atom is -0.396 e. The van der Waals surface area contributed by atoms with Crippen LogP contribution in [0.15, 0.2) is 47.9 Å². The number of hydrogen-bond acceptors (Lipinski definition) is 6. The van der Waals surface area contributed by atoms with Gasteiger partial charge in [-0.05, 0) is 24.7 Å². The van der Waals surface area contributed by atoms with Crippen molar-refractivity contribution in [3.63, 3.8) is 0 Å². The Morgan fingerprint density at radius 3 is 2.58 bits per heavy atom. The van der Waals surface area contributed by atoms with Crippen molar-refractivity contribution in [1.82, 2.24) is 19.8 Å². The standard InChI is InChI=1S/C20H28N4OS/c1-26-20-21-13-18(14-22-20)15-23-10-11-24(19(16-23)8-12-25)9-7-17-5-3-2-4-6-17/h2-6,13-14,19,25H,7-12,15-16H2,1H3/t19-/m0/s1. The molecule has 1 N–H and O–H groups in total. The van der Waals surface area contributed by atoms with Crippen LogP contribution in [0.2, 0.25) is 0 Å². The topological polar surface area (TPSA) is 52.5 Å². The summed E-state index contributed by atoms with van der Waals surface area (Å²) in [6, 6.07) is 11.0. The third kappa shape index (κ3) is 5.51. The highest BCUT2D eigenvalue weighted by atomic mass is 32.2. The minimum absolute atomic E-state index is 0.242. The summed E-state index contributed by atoms with van der Waals surface area (Å²) >= 11 is 1.56. The summed E-state index contributed by atoms with van der Waals surface area (Å²) in [6.45, 7) is 5.24. The van der Waals surface area contributed by atoms with Gasteiger partial charge in [0.25, 0.3) is 0 Å². The quantitative estimate of drug-likeness (QED) is 0.567. The third-order valence-corrected chi connectivity index (χ3v) is 5.53. The molecule has 5 nitrogen and oxygen atoms in total. The first-order valence-corrected chi connectivity index (χ1v) is 10.5. The predicted octanol–water partition coefficient (Wildman–Crippen LogP) is 2.31. The lowest BCUT2D eigenvalue weighted by atomic mass is 10.1. The van der Waals surface area contributed by atoms with Gasteiger partial charge in [0.05, 0.1) is 0 Å². The van der Waals surface area contributed by atoms with Crippen LogP contribution in [0.3, 0.4) is 0 Å². The fourth-order valence-corrected chi connectivity index (χ4v) is 3.84. The van der Waals surface area contributed by atoms with Crippen LogP contribution in [0, 0.1) is 0 Å². The minimum atomic E-state index is 0.242. The van der Waals surface area contributed by atoms with E-state index < -0.39 is 0 Å². The van der Waals surface area contributed by atoms with E-state index in [2.05, 4.69) is 50.1 Å². The molecule has 0 unspecified atom stereocenters. The highest BCUT2D eigenvalue weighted by Gasteiger charge is 2.26. The zero-order valence-corrected chi connectivity index (χ0v) is 16.2. The largest absolute Gasteiger partial charge is 0.396 e. The molecule has 1 aliphatic rings. The maximum atomic E-state index is 9.49. The first kappa shape index (κ1) is 19.3. The number of aliphatic hydroxyl groups excluding tert-OH is 1. The number of nitrogens with zero attached hydrogens (tertiary/aromatic N) is 4. The molecule has 0 radical (unpaired) electrons. The van der Waals surface area contributed by atoms with Gasteiger partial charge in [0.2, 0.25) is 0 Å². The van der Waals surface area contributed by atoms with Gasteiger partial charge in [0.1, 0.15) is 0 Å². The first-order valence-electron chi connectivity index (χ1n) is 9.24. The Labute approximate surface area is 160 Å². The van der Waals surface area contributed by atoms with Crippen LogP contribution in [0.5, 0.6) is 0 Å². The molecular weight excluding hydrogens is 344 g/mol. The van der Waals surface area contributed by atoms with Crippen molar-refractivity contribution in [1.29, 1.82) is 0 Å². The third-order valence-electron chi connectivity index (χ3n) is 4.95. The molecule has 0 bridgehead atoms. The van der Waals surface area contributed by atoms with E-state index in [1.807, 2.05) is 18.6 Å². The molecule has 0 spiro atoms. The smallest absolute Gasteiger partial charge is 0.187 e. The summed E-state index contributed by atoms with van der Waals surface area (Å²) in [5, 5.41) is 10.3. The van der Waals surface area contributed by atoms with Gasteiger partial charge in [-0.3, -0.25) is 9.80 Å². The van der Waals surface area contributed by atoms with Gasteiger partial charge in [0.15, 0.2) is 5.16 Å². The first-order chi connectivity index (χ1) is 12.8. The number of thioether (sulfide) groups is 1. The van der Waals surface area contributed by atoms with Crippen molar-refractivity contribution in [2.24, 2.45) is 0 Å². The normalized spacial score (nSPS) is 18.9. The van der Waals surface area contributed by atoms with Crippen LogP contribution >= 0.6 is 11.8 Å². The summed E-state index contributed by atoms with van der Waals surface area (Å²) < 4.78 is 0. The predicted molar refractivity (Wildman–Crippen MR) is 106 cm³/mol. The summed E-state index contributed by atoms with van der Waals surface area (Å²) in [5.41, 5.74) is 2.53. The monoisotopic (exact) mass is 372 g/mol. The van der Waals surface area contributed by atoms with Crippen LogP contribution in [0.1, 0.15) is 17.5 Å². The van der Waals surface area contributed by atoms with Crippen molar-refractivity contribution in [2.45, 2.75) is 30.6 Å². The van der Waals surface area contributed by atoms with Gasteiger partial charge >= 0.3 is 0 Å². The molecule has 26 heavy (non-hydrogen) atoms. The van der Waals surface area contributed by atoms with Gasteiger partial charge in [-0.2, -0.15) is 0 Å². The average molecular weight is 373 g/mol. The van der Waals surface area contributed by atoms with Crippen molar-refractivity contribution in [3.05, 3.63) is 53.9 Å². The van der Waals surface area contributed by atoms with E-state index in [9.17, 15) is 5.11 Å². The van der Waals surface area contributed by atoms with E-state index in [4.69, 9.17) is 0 Å². The van der Waals surface area contributed by atoms with Crippen molar-refractivity contribution < 1.29 is 5.11 Å². The van der Waals surface area contributed by atoms with E-state index in [0.29, 0.717) is 6.04 Å². The van der Waals surface area contributed by atoms with E-state index in [1.54, 1.807) is 11.8 Å². The average Bonchev–Trinajstić information content (AvgIpc) is 2.69. The van der Waals surface area contributed by atoms with Crippen LogP contribution < -0.4 is 0 Å². The fraction of sp³-hybridized carbons (Fsp3) is 0.500. The molecule has 0 aliphatic carbocycles. The molecule has 1 fully saturated rings. The molecular formula is C20H28N4OS. The Bertz CT molecular complexity index is 653. The molecule has 1 saturated heterocycles. The van der Waals surface area contributed by atoms with Crippen LogP contribution in [-0.2, 0) is 13.0 Å². The Balaban J connectivity index is 1.54. The summed E-state index contributed by atoms with van der Waals surface area (Å²) in [4.78, 5) is 13.7. The number of hydrogen-bond donors (Lipinski definition) is 1. The van der Waals surface area contributed by atoms with Gasteiger partial charge in [0, 0.05) is 63.3 Å². The Morgan fingerprint density at radius 2 is 1.88 bits per heavy atom. The number of benzene rings is 1. The van der Waals surface area contributed by atoms with Gasteiger partial charge in [-0.25, -0.2) is 9.97 Å². The number of rotatable bonds is 8. The van der Waals surface area contributed by atoms with E-state index in [0.717, 1.165) is 56.3 Å². The Kier molecular flexibility index (Phi) is 7.43. The molecule has 0 amide bonds. The van der Waals surface area contributed by atoms with Gasteiger partial charge in [-0.15, -0.1) is 0 Å². The zero-order valence-electron chi connectivity index (χ0n) is 15.4. The Morgan fingerprint density at radius 1 is 1.12 bits per heavy atom. The van der Waals surface area contributed by atoms with Gasteiger partial charge in [-0.1, -0.05) is 42.1 Å². The molecule has 1 aromatic heterocycles. The summed E-state index contributed by atoms with van der Waals surface area (Å²) in [6.07, 6.45) is 7.74. The molecule has 0 saturated carbocycles. The zero-order chi connectivity index (χ0) is 18.2. The molecule has 1 aromatic carbocycles. The fourth-order valence-electron chi connectivity index (χ4n) is 3.52. The summed E-state index contributed by atoms with van der Waals surface area (Å²) in [5.74, 6) is 0. The lowest BCUT2D eigenvalue weighted by Gasteiger charge is -2.41. The van der Waals surface area contributed by atoms with Gasteiger partial charge < -0.3 is 5.11 Å². The lowest BCUT2D eigenvalue weighted by Crippen LogP contribution is -2.53. The maximum absolute atomic E-state index is 9.49. The highest BCUT2D eigenvalue weighted by Crippen LogP contribution is 2.17. The van der Waals surface area contributed by atoms with E-state index in [1.165, 1.54) is 5.56 Å². The number of aliphatic hydroxyl groups is 1. The summed E-state index contributed by atoms with van der Waals surface area (Å²) in [7, 11) is 0. The van der Waals surface area contributed by atoms with Crippen molar-refractivity contribution >= 4 is 11.8 Å². The SMILES string of the molecule is CSc1ncc(CN2CCN(CCc3ccccc3)[C@@H](CCO)C2)cn1. The lowest BCUT2D eigenvalue weighted by molar-refractivity contribution is 0.0561. The van der Waals surface area contributed by atoms with E-state index >= 15 is 0 Å². The molecule has 140 valence electrons. The van der Waals surface area contributed by atoms with Crippen LogP contribution in [0.4, 0.5) is 0 Å². The van der Waals surface area contributed by atoms with E-state index in [-0.39, 0.29) is 6.61 Å².